The van der Waals surface area contributed by atoms with Gasteiger partial charge in [-0.05, 0) is 55.0 Å². The SMILES string of the molecule is C=CCOc1ccc(C(=O)Oc2ccc(C(=O)OC(F)(F)CCCCCCCCC)cc2)cc1. The van der Waals surface area contributed by atoms with Crippen molar-refractivity contribution in [2.45, 2.75) is 64.4 Å². The molecule has 0 radical (unpaired) electrons. The number of carbonyl (C=O) groups excluding carboxylic acids is 2. The molecule has 0 aliphatic rings. The third-order valence-electron chi connectivity index (χ3n) is 5.07. The van der Waals surface area contributed by atoms with Gasteiger partial charge in [-0.2, -0.15) is 8.78 Å². The lowest BCUT2D eigenvalue weighted by atomic mass is 10.1. The van der Waals surface area contributed by atoms with E-state index in [2.05, 4.69) is 18.2 Å². The molecule has 0 amide bonds. The quantitative estimate of drug-likeness (QED) is 0.117. The summed E-state index contributed by atoms with van der Waals surface area (Å²) in [5, 5.41) is 0. The standard InChI is InChI=1S/C27H32F2O5/c1-3-5-6-7-8-9-10-19-27(28,29)34-26(31)22-13-17-24(18-14-22)33-25(30)21-11-15-23(16-12-21)32-20-4-2/h4,11-18H,2-3,5-10,19-20H2,1H3. The van der Waals surface area contributed by atoms with E-state index in [1.54, 1.807) is 30.3 Å². The van der Waals surface area contributed by atoms with Gasteiger partial charge in [0.25, 0.3) is 0 Å². The molecule has 0 unspecified atom stereocenters. The van der Waals surface area contributed by atoms with Crippen molar-refractivity contribution in [3.8, 4) is 11.5 Å². The van der Waals surface area contributed by atoms with Crippen LogP contribution in [-0.2, 0) is 4.74 Å². The van der Waals surface area contributed by atoms with E-state index in [0.717, 1.165) is 32.1 Å². The molecule has 2 aromatic rings. The Balaban J connectivity index is 1.80. The van der Waals surface area contributed by atoms with Gasteiger partial charge >= 0.3 is 18.0 Å². The van der Waals surface area contributed by atoms with Crippen LogP contribution in [0.3, 0.4) is 0 Å². The molecule has 0 saturated heterocycles. The van der Waals surface area contributed by atoms with E-state index in [-0.39, 0.29) is 11.3 Å². The molecule has 0 N–H and O–H groups in total. The second-order valence-corrected chi connectivity index (χ2v) is 7.94. The van der Waals surface area contributed by atoms with E-state index < -0.39 is 24.5 Å². The van der Waals surface area contributed by atoms with Crippen molar-refractivity contribution >= 4 is 11.9 Å². The monoisotopic (exact) mass is 474 g/mol. The second kappa shape index (κ2) is 14.1. The molecule has 0 aromatic heterocycles. The first-order valence-electron chi connectivity index (χ1n) is 11.6. The minimum Gasteiger partial charge on any atom is -0.490 e. The van der Waals surface area contributed by atoms with Gasteiger partial charge in [0, 0.05) is 0 Å². The summed E-state index contributed by atoms with van der Waals surface area (Å²) in [6.45, 7) is 6.04. The number of alkyl halides is 2. The summed E-state index contributed by atoms with van der Waals surface area (Å²) in [4.78, 5) is 24.4. The molecule has 0 heterocycles. The Labute approximate surface area is 199 Å². The number of rotatable bonds is 15. The van der Waals surface area contributed by atoms with Crippen LogP contribution in [0, 0.1) is 0 Å². The van der Waals surface area contributed by atoms with Gasteiger partial charge in [0.05, 0.1) is 17.5 Å². The summed E-state index contributed by atoms with van der Waals surface area (Å²) in [6.07, 6.45) is 3.91. The third kappa shape index (κ3) is 9.73. The largest absolute Gasteiger partial charge is 0.490 e. The van der Waals surface area contributed by atoms with Gasteiger partial charge in [0.2, 0.25) is 0 Å². The zero-order valence-corrected chi connectivity index (χ0v) is 19.6. The normalized spacial score (nSPS) is 11.0. The number of benzene rings is 2. The predicted octanol–water partition coefficient (Wildman–Crippen LogP) is 7.36. The number of esters is 2. The van der Waals surface area contributed by atoms with Crippen LogP contribution in [0.5, 0.6) is 11.5 Å². The van der Waals surface area contributed by atoms with Crippen molar-refractivity contribution in [3.63, 3.8) is 0 Å². The molecule has 2 rings (SSSR count). The molecular formula is C27H32F2O5. The number of unbranched alkanes of at least 4 members (excludes halogenated alkanes) is 6. The number of hydrogen-bond donors (Lipinski definition) is 0. The lowest BCUT2D eigenvalue weighted by Gasteiger charge is -2.16. The topological polar surface area (TPSA) is 61.8 Å². The number of ether oxygens (including phenoxy) is 3. The van der Waals surface area contributed by atoms with E-state index in [0.29, 0.717) is 30.8 Å². The molecule has 0 spiro atoms. The average Bonchev–Trinajstić information content (AvgIpc) is 2.82. The maximum atomic E-state index is 14.0. The van der Waals surface area contributed by atoms with Gasteiger partial charge in [-0.3, -0.25) is 0 Å². The summed E-state index contributed by atoms with van der Waals surface area (Å²) in [7, 11) is 0. The van der Waals surface area contributed by atoms with Crippen LogP contribution in [0.2, 0.25) is 0 Å². The maximum Gasteiger partial charge on any atom is 0.400 e. The van der Waals surface area contributed by atoms with Gasteiger partial charge in [-0.15, -0.1) is 0 Å². The van der Waals surface area contributed by atoms with Crippen LogP contribution >= 0.6 is 0 Å². The van der Waals surface area contributed by atoms with E-state index in [1.165, 1.54) is 24.3 Å². The Morgan fingerprint density at radius 2 is 1.35 bits per heavy atom. The number of hydrogen-bond acceptors (Lipinski definition) is 5. The first-order valence-corrected chi connectivity index (χ1v) is 11.6. The first-order chi connectivity index (χ1) is 16.3. The molecule has 184 valence electrons. The third-order valence-corrected chi connectivity index (χ3v) is 5.07. The molecule has 2 aromatic carbocycles. The Bertz CT molecular complexity index is 908. The lowest BCUT2D eigenvalue weighted by Crippen LogP contribution is -2.25. The smallest absolute Gasteiger partial charge is 0.400 e. The van der Waals surface area contributed by atoms with E-state index in [9.17, 15) is 18.4 Å². The first kappa shape index (κ1) is 27.0. The highest BCUT2D eigenvalue weighted by Crippen LogP contribution is 2.26. The van der Waals surface area contributed by atoms with Crippen molar-refractivity contribution in [2.24, 2.45) is 0 Å². The summed E-state index contributed by atoms with van der Waals surface area (Å²) in [5.41, 5.74) is 0.252. The average molecular weight is 475 g/mol. The minimum absolute atomic E-state index is 0.0530. The molecule has 0 aliphatic carbocycles. The second-order valence-electron chi connectivity index (χ2n) is 7.94. The fourth-order valence-corrected chi connectivity index (χ4v) is 3.20. The van der Waals surface area contributed by atoms with Crippen molar-refractivity contribution in [1.29, 1.82) is 0 Å². The summed E-state index contributed by atoms with van der Waals surface area (Å²) in [5.74, 6) is -0.973. The molecule has 5 nitrogen and oxygen atoms in total. The zero-order chi connectivity index (χ0) is 24.8. The zero-order valence-electron chi connectivity index (χ0n) is 19.6. The highest BCUT2D eigenvalue weighted by Gasteiger charge is 2.33. The van der Waals surface area contributed by atoms with Gasteiger partial charge in [-0.1, -0.05) is 58.1 Å². The van der Waals surface area contributed by atoms with Crippen molar-refractivity contribution in [1.82, 2.24) is 0 Å². The molecule has 0 aliphatic heterocycles. The molecule has 0 fully saturated rings. The van der Waals surface area contributed by atoms with Crippen molar-refractivity contribution in [3.05, 3.63) is 72.3 Å². The lowest BCUT2D eigenvalue weighted by molar-refractivity contribution is -0.205. The van der Waals surface area contributed by atoms with Gasteiger partial charge in [-0.25, -0.2) is 9.59 Å². The van der Waals surface area contributed by atoms with E-state index in [4.69, 9.17) is 9.47 Å². The van der Waals surface area contributed by atoms with E-state index in [1.807, 2.05) is 0 Å². The summed E-state index contributed by atoms with van der Waals surface area (Å²) < 4.78 is 43.0. The number of carbonyl (C=O) groups is 2. The van der Waals surface area contributed by atoms with Crippen LogP contribution in [0.15, 0.2) is 61.2 Å². The van der Waals surface area contributed by atoms with Crippen molar-refractivity contribution < 1.29 is 32.6 Å². The highest BCUT2D eigenvalue weighted by atomic mass is 19.3. The minimum atomic E-state index is -3.52. The van der Waals surface area contributed by atoms with Crippen LogP contribution < -0.4 is 9.47 Å². The fourth-order valence-electron chi connectivity index (χ4n) is 3.20. The fraction of sp³-hybridized carbons (Fsp3) is 0.407. The van der Waals surface area contributed by atoms with Gasteiger partial charge in [0.1, 0.15) is 18.1 Å². The Hall–Kier alpha value is -3.22. The summed E-state index contributed by atoms with van der Waals surface area (Å²) >= 11 is 0. The van der Waals surface area contributed by atoms with Gasteiger partial charge < -0.3 is 14.2 Å². The molecule has 34 heavy (non-hydrogen) atoms. The molecule has 0 saturated carbocycles. The molecule has 0 bridgehead atoms. The van der Waals surface area contributed by atoms with Crippen LogP contribution in [-0.4, -0.2) is 24.7 Å². The molecular weight excluding hydrogens is 442 g/mol. The van der Waals surface area contributed by atoms with E-state index >= 15 is 0 Å². The van der Waals surface area contributed by atoms with Crippen LogP contribution in [0.1, 0.15) is 79.0 Å². The van der Waals surface area contributed by atoms with Crippen LogP contribution in [0.4, 0.5) is 8.78 Å². The molecule has 0 atom stereocenters. The highest BCUT2D eigenvalue weighted by molar-refractivity contribution is 5.92. The Kier molecular flexibility index (Phi) is 11.2. The van der Waals surface area contributed by atoms with Crippen molar-refractivity contribution in [2.75, 3.05) is 6.61 Å². The molecule has 7 heteroatoms. The summed E-state index contributed by atoms with van der Waals surface area (Å²) in [6, 6.07) is 11.6. The van der Waals surface area contributed by atoms with Gasteiger partial charge in [0.15, 0.2) is 0 Å². The Morgan fingerprint density at radius 1 is 0.824 bits per heavy atom. The predicted molar refractivity (Wildman–Crippen MR) is 127 cm³/mol. The Morgan fingerprint density at radius 3 is 1.94 bits per heavy atom. The number of halogens is 2. The van der Waals surface area contributed by atoms with Crippen LogP contribution in [0.25, 0.3) is 0 Å². The maximum absolute atomic E-state index is 14.0.